The van der Waals surface area contributed by atoms with Crippen molar-refractivity contribution in [2.45, 2.75) is 13.0 Å². The fraction of sp³-hybridized carbons (Fsp3) is 0.400. The number of methoxy groups -OCH3 is 2. The summed E-state index contributed by atoms with van der Waals surface area (Å²) < 4.78 is 10.2. The molecule has 0 bridgehead atoms. The number of hydrogen-bond acceptors (Lipinski definition) is 3. The van der Waals surface area contributed by atoms with E-state index in [0.29, 0.717) is 11.5 Å². The zero-order chi connectivity index (χ0) is 9.84. The summed E-state index contributed by atoms with van der Waals surface area (Å²) in [5.41, 5.74) is 0.817. The Labute approximate surface area is 77.9 Å². The number of rotatable bonds is 3. The van der Waals surface area contributed by atoms with Gasteiger partial charge in [0.15, 0.2) is 11.5 Å². The average Bonchev–Trinajstić information content (AvgIpc) is 2.16. The Morgan fingerprint density at radius 1 is 1.15 bits per heavy atom. The molecule has 13 heavy (non-hydrogen) atoms. The summed E-state index contributed by atoms with van der Waals surface area (Å²) in [5.74, 6) is 1.31. The van der Waals surface area contributed by atoms with Crippen LogP contribution in [-0.2, 0) is 0 Å². The summed E-state index contributed by atoms with van der Waals surface area (Å²) in [6.45, 7) is 1.71. The van der Waals surface area contributed by atoms with Crippen molar-refractivity contribution in [1.82, 2.24) is 0 Å². The fourth-order valence-corrected chi connectivity index (χ4v) is 1.11. The van der Waals surface area contributed by atoms with E-state index >= 15 is 0 Å². The van der Waals surface area contributed by atoms with Gasteiger partial charge in [0.25, 0.3) is 0 Å². The van der Waals surface area contributed by atoms with Crippen molar-refractivity contribution >= 4 is 0 Å². The summed E-state index contributed by atoms with van der Waals surface area (Å²) in [4.78, 5) is 0. The molecule has 0 unspecified atom stereocenters. The van der Waals surface area contributed by atoms with Gasteiger partial charge in [-0.15, -0.1) is 0 Å². The molecule has 0 radical (unpaired) electrons. The molecule has 0 saturated carbocycles. The Bertz CT molecular complexity index is 281. The highest BCUT2D eigenvalue weighted by Crippen LogP contribution is 2.29. The van der Waals surface area contributed by atoms with Crippen LogP contribution < -0.4 is 9.47 Å². The van der Waals surface area contributed by atoms with Crippen molar-refractivity contribution in [1.29, 1.82) is 0 Å². The van der Waals surface area contributed by atoms with Gasteiger partial charge < -0.3 is 14.6 Å². The Hall–Kier alpha value is -1.22. The average molecular weight is 182 g/mol. The van der Waals surface area contributed by atoms with Crippen LogP contribution in [0.3, 0.4) is 0 Å². The highest BCUT2D eigenvalue weighted by molar-refractivity contribution is 5.43. The zero-order valence-electron chi connectivity index (χ0n) is 8.07. The van der Waals surface area contributed by atoms with Crippen molar-refractivity contribution < 1.29 is 14.6 Å². The maximum Gasteiger partial charge on any atom is 0.161 e. The molecule has 1 aromatic carbocycles. The van der Waals surface area contributed by atoms with E-state index in [9.17, 15) is 5.11 Å². The SMILES string of the molecule is COc1ccc([C@@H](C)O)cc1OC. The Kier molecular flexibility index (Phi) is 3.14. The molecule has 1 atom stereocenters. The van der Waals surface area contributed by atoms with Crippen molar-refractivity contribution in [3.8, 4) is 11.5 Å². The van der Waals surface area contributed by atoms with Crippen molar-refractivity contribution in [3.63, 3.8) is 0 Å². The van der Waals surface area contributed by atoms with Crippen molar-refractivity contribution in [2.75, 3.05) is 14.2 Å². The van der Waals surface area contributed by atoms with Gasteiger partial charge in [-0.2, -0.15) is 0 Å². The standard InChI is InChI=1S/C10H14O3/c1-7(11)8-4-5-9(12-2)10(6-8)13-3/h4-7,11H,1-3H3/t7-/m1/s1. The van der Waals surface area contributed by atoms with Crippen LogP contribution in [0, 0.1) is 0 Å². The third-order valence-corrected chi connectivity index (χ3v) is 1.89. The van der Waals surface area contributed by atoms with Crippen LogP contribution in [0.15, 0.2) is 18.2 Å². The summed E-state index contributed by atoms with van der Waals surface area (Å²) >= 11 is 0. The summed E-state index contributed by atoms with van der Waals surface area (Å²) in [5, 5.41) is 9.31. The Balaban J connectivity index is 3.05. The van der Waals surface area contributed by atoms with Crippen LogP contribution in [0.4, 0.5) is 0 Å². The first-order valence-corrected chi connectivity index (χ1v) is 4.09. The lowest BCUT2D eigenvalue weighted by Gasteiger charge is -2.10. The highest BCUT2D eigenvalue weighted by atomic mass is 16.5. The molecule has 1 N–H and O–H groups in total. The first kappa shape index (κ1) is 9.86. The molecule has 0 spiro atoms. The molecular weight excluding hydrogens is 168 g/mol. The maximum atomic E-state index is 9.31. The third-order valence-electron chi connectivity index (χ3n) is 1.89. The van der Waals surface area contributed by atoms with Crippen molar-refractivity contribution in [2.24, 2.45) is 0 Å². The quantitative estimate of drug-likeness (QED) is 0.774. The Morgan fingerprint density at radius 3 is 2.23 bits per heavy atom. The molecule has 0 heterocycles. The van der Waals surface area contributed by atoms with E-state index in [2.05, 4.69) is 0 Å². The monoisotopic (exact) mass is 182 g/mol. The predicted molar refractivity (Wildman–Crippen MR) is 50.2 cm³/mol. The van der Waals surface area contributed by atoms with Crippen LogP contribution in [0.2, 0.25) is 0 Å². The predicted octanol–water partition coefficient (Wildman–Crippen LogP) is 1.76. The second kappa shape index (κ2) is 4.14. The van der Waals surface area contributed by atoms with Gasteiger partial charge in [-0.3, -0.25) is 0 Å². The lowest BCUT2D eigenvalue weighted by molar-refractivity contribution is 0.198. The molecule has 72 valence electrons. The molecule has 0 aromatic heterocycles. The Morgan fingerprint density at radius 2 is 1.77 bits per heavy atom. The largest absolute Gasteiger partial charge is 0.493 e. The highest BCUT2D eigenvalue weighted by Gasteiger charge is 2.06. The lowest BCUT2D eigenvalue weighted by Crippen LogP contribution is -1.95. The molecular formula is C10H14O3. The van der Waals surface area contributed by atoms with E-state index in [1.807, 2.05) is 6.07 Å². The van der Waals surface area contributed by atoms with Crippen LogP contribution in [0.5, 0.6) is 11.5 Å². The molecule has 0 saturated heterocycles. The van der Waals surface area contributed by atoms with Crippen LogP contribution in [0.25, 0.3) is 0 Å². The molecule has 3 nitrogen and oxygen atoms in total. The summed E-state index contributed by atoms with van der Waals surface area (Å²) in [7, 11) is 3.16. The van der Waals surface area contributed by atoms with E-state index in [-0.39, 0.29) is 0 Å². The molecule has 0 amide bonds. The molecule has 0 aliphatic carbocycles. The van der Waals surface area contributed by atoms with Gasteiger partial charge >= 0.3 is 0 Å². The first-order valence-electron chi connectivity index (χ1n) is 4.09. The maximum absolute atomic E-state index is 9.31. The second-order valence-corrected chi connectivity index (χ2v) is 2.79. The minimum absolute atomic E-state index is 0.486. The van der Waals surface area contributed by atoms with Gasteiger partial charge in [-0.05, 0) is 24.6 Å². The van der Waals surface area contributed by atoms with Crippen LogP contribution in [-0.4, -0.2) is 19.3 Å². The number of benzene rings is 1. The topological polar surface area (TPSA) is 38.7 Å². The number of aliphatic hydroxyl groups excluding tert-OH is 1. The minimum Gasteiger partial charge on any atom is -0.493 e. The smallest absolute Gasteiger partial charge is 0.161 e. The van der Waals surface area contributed by atoms with Crippen molar-refractivity contribution in [3.05, 3.63) is 23.8 Å². The molecule has 0 aliphatic heterocycles. The van der Waals surface area contributed by atoms with Gasteiger partial charge in [0.2, 0.25) is 0 Å². The van der Waals surface area contributed by atoms with E-state index < -0.39 is 6.10 Å². The fourth-order valence-electron chi connectivity index (χ4n) is 1.11. The molecule has 0 aliphatic rings. The number of aliphatic hydroxyl groups is 1. The van der Waals surface area contributed by atoms with E-state index in [4.69, 9.17) is 9.47 Å². The number of hydrogen-bond donors (Lipinski definition) is 1. The molecule has 3 heteroatoms. The first-order chi connectivity index (χ1) is 6.19. The minimum atomic E-state index is -0.486. The van der Waals surface area contributed by atoms with Gasteiger partial charge in [0, 0.05) is 0 Å². The van der Waals surface area contributed by atoms with Crippen LogP contribution >= 0.6 is 0 Å². The van der Waals surface area contributed by atoms with E-state index in [0.717, 1.165) is 5.56 Å². The molecule has 1 aromatic rings. The summed E-state index contributed by atoms with van der Waals surface area (Å²) in [6, 6.07) is 5.36. The summed E-state index contributed by atoms with van der Waals surface area (Å²) in [6.07, 6.45) is -0.486. The van der Waals surface area contributed by atoms with Gasteiger partial charge in [-0.25, -0.2) is 0 Å². The van der Waals surface area contributed by atoms with Gasteiger partial charge in [0.1, 0.15) is 0 Å². The second-order valence-electron chi connectivity index (χ2n) is 2.79. The third kappa shape index (κ3) is 2.12. The van der Waals surface area contributed by atoms with Gasteiger partial charge in [-0.1, -0.05) is 6.07 Å². The normalized spacial score (nSPS) is 12.3. The lowest BCUT2D eigenvalue weighted by atomic mass is 10.1. The van der Waals surface area contributed by atoms with E-state index in [1.54, 1.807) is 33.3 Å². The number of ether oxygens (including phenoxy) is 2. The van der Waals surface area contributed by atoms with Crippen LogP contribution in [0.1, 0.15) is 18.6 Å². The zero-order valence-corrected chi connectivity index (χ0v) is 8.07. The van der Waals surface area contributed by atoms with E-state index in [1.165, 1.54) is 0 Å². The van der Waals surface area contributed by atoms with Gasteiger partial charge in [0.05, 0.1) is 20.3 Å². The molecule has 1 rings (SSSR count). The molecule has 0 fully saturated rings.